The molecule has 5 nitrogen and oxygen atoms in total. The molecule has 0 aliphatic carbocycles. The molecule has 1 heterocycles. The number of rotatable bonds is 13. The third-order valence-electron chi connectivity index (χ3n) is 7.16. The van der Waals surface area contributed by atoms with Gasteiger partial charge in [-0.3, -0.25) is 4.79 Å². The van der Waals surface area contributed by atoms with Crippen LogP contribution in [0.25, 0.3) is 22.2 Å². The summed E-state index contributed by atoms with van der Waals surface area (Å²) in [6, 6.07) is 35.0. The second-order valence-corrected chi connectivity index (χ2v) is 10.2. The van der Waals surface area contributed by atoms with Crippen LogP contribution in [-0.4, -0.2) is 28.6 Å². The van der Waals surface area contributed by atoms with Gasteiger partial charge in [-0.2, -0.15) is 0 Å². The number of imidazole rings is 1. The predicted octanol–water partition coefficient (Wildman–Crippen LogP) is 7.16. The predicted molar refractivity (Wildman–Crippen MR) is 163 cm³/mol. The zero-order valence-corrected chi connectivity index (χ0v) is 23.2. The van der Waals surface area contributed by atoms with E-state index >= 15 is 0 Å². The summed E-state index contributed by atoms with van der Waals surface area (Å²) >= 11 is 0. The zero-order valence-electron chi connectivity index (χ0n) is 23.2. The molecule has 5 rings (SSSR count). The molecule has 0 bridgehead atoms. The van der Waals surface area contributed by atoms with E-state index in [0.717, 1.165) is 66.0 Å². The lowest BCUT2D eigenvalue weighted by Gasteiger charge is -2.11. The van der Waals surface area contributed by atoms with Crippen molar-refractivity contribution in [2.75, 3.05) is 13.2 Å². The van der Waals surface area contributed by atoms with Gasteiger partial charge in [0.2, 0.25) is 5.91 Å². The van der Waals surface area contributed by atoms with Gasteiger partial charge in [-0.25, -0.2) is 4.98 Å². The number of carbonyl (C=O) groups is 1. The van der Waals surface area contributed by atoms with Gasteiger partial charge in [0, 0.05) is 13.0 Å². The highest BCUT2D eigenvalue weighted by Crippen LogP contribution is 2.20. The molecular weight excluding hydrogens is 494 g/mol. The Morgan fingerprint density at radius 3 is 2.33 bits per heavy atom. The Labute approximate surface area is 236 Å². The monoisotopic (exact) mass is 531 g/mol. The van der Waals surface area contributed by atoms with Crippen LogP contribution in [0.5, 0.6) is 5.75 Å². The van der Waals surface area contributed by atoms with Gasteiger partial charge in [-0.1, -0.05) is 90.8 Å². The van der Waals surface area contributed by atoms with Crippen molar-refractivity contribution in [1.82, 2.24) is 14.9 Å². The molecule has 1 aromatic heterocycles. The average molecular weight is 532 g/mol. The molecule has 0 unspecified atom stereocenters. The number of para-hydroxylation sites is 2. The molecule has 0 aliphatic heterocycles. The van der Waals surface area contributed by atoms with Gasteiger partial charge < -0.3 is 14.6 Å². The van der Waals surface area contributed by atoms with E-state index in [-0.39, 0.29) is 5.91 Å². The Kier molecular flexibility index (Phi) is 9.25. The normalized spacial score (nSPS) is 11.0. The first-order chi connectivity index (χ1) is 19.7. The first kappa shape index (κ1) is 27.2. The van der Waals surface area contributed by atoms with Gasteiger partial charge in [0.25, 0.3) is 0 Å². The molecule has 1 amide bonds. The lowest BCUT2D eigenvalue weighted by Crippen LogP contribution is -2.26. The SMILES string of the molecule is Cc1ccc(OCCn2c(CCCCCNC(=O)Cc3ccc(-c4ccccc4)cc3)nc3ccccc32)cc1. The second kappa shape index (κ2) is 13.6. The minimum Gasteiger partial charge on any atom is -0.492 e. The molecule has 204 valence electrons. The molecule has 1 N–H and O–H groups in total. The van der Waals surface area contributed by atoms with Crippen LogP contribution in [0.4, 0.5) is 0 Å². The van der Waals surface area contributed by atoms with Crippen LogP contribution in [0.15, 0.2) is 103 Å². The second-order valence-electron chi connectivity index (χ2n) is 10.2. The molecule has 5 aromatic rings. The number of nitrogens with zero attached hydrogens (tertiary/aromatic N) is 2. The Morgan fingerprint density at radius 1 is 0.800 bits per heavy atom. The average Bonchev–Trinajstić information content (AvgIpc) is 3.34. The maximum absolute atomic E-state index is 12.4. The van der Waals surface area contributed by atoms with Gasteiger partial charge in [0.05, 0.1) is 24.0 Å². The fraction of sp³-hybridized carbons (Fsp3) is 0.257. The van der Waals surface area contributed by atoms with Crippen molar-refractivity contribution in [3.8, 4) is 16.9 Å². The van der Waals surface area contributed by atoms with Crippen LogP contribution in [0.1, 0.15) is 36.2 Å². The number of carbonyl (C=O) groups excluding carboxylic acids is 1. The highest BCUT2D eigenvalue weighted by molar-refractivity contribution is 5.79. The van der Waals surface area contributed by atoms with Crippen molar-refractivity contribution >= 4 is 16.9 Å². The summed E-state index contributed by atoms with van der Waals surface area (Å²) in [6.45, 7) is 4.12. The van der Waals surface area contributed by atoms with Gasteiger partial charge in [-0.05, 0) is 60.7 Å². The van der Waals surface area contributed by atoms with Crippen LogP contribution in [-0.2, 0) is 24.2 Å². The molecule has 0 fully saturated rings. The third kappa shape index (κ3) is 7.38. The summed E-state index contributed by atoms with van der Waals surface area (Å²) in [5.74, 6) is 2.06. The van der Waals surface area contributed by atoms with E-state index in [1.54, 1.807) is 0 Å². The van der Waals surface area contributed by atoms with Crippen LogP contribution in [0, 0.1) is 6.92 Å². The maximum Gasteiger partial charge on any atom is 0.224 e. The summed E-state index contributed by atoms with van der Waals surface area (Å²) in [7, 11) is 0. The fourth-order valence-corrected chi connectivity index (χ4v) is 4.96. The summed E-state index contributed by atoms with van der Waals surface area (Å²) in [5.41, 5.74) is 6.78. The number of hydrogen-bond acceptors (Lipinski definition) is 3. The van der Waals surface area contributed by atoms with E-state index in [9.17, 15) is 4.79 Å². The first-order valence-corrected chi connectivity index (χ1v) is 14.2. The summed E-state index contributed by atoms with van der Waals surface area (Å²) in [4.78, 5) is 17.4. The van der Waals surface area contributed by atoms with Gasteiger partial charge >= 0.3 is 0 Å². The summed E-state index contributed by atoms with van der Waals surface area (Å²) < 4.78 is 8.28. The standard InChI is InChI=1S/C35H37N3O2/c1-27-15-21-31(22-16-27)40-25-24-38-33-13-8-7-12-32(33)37-34(38)14-6-3-9-23-36-35(39)26-28-17-19-30(20-18-28)29-10-4-2-5-11-29/h2,4-5,7-8,10-13,15-22H,3,6,9,14,23-26H2,1H3,(H,36,39). The van der Waals surface area contributed by atoms with Crippen molar-refractivity contribution < 1.29 is 9.53 Å². The zero-order chi connectivity index (χ0) is 27.6. The smallest absolute Gasteiger partial charge is 0.224 e. The fourth-order valence-electron chi connectivity index (χ4n) is 4.96. The van der Waals surface area contributed by atoms with Crippen molar-refractivity contribution in [3.05, 3.63) is 120 Å². The van der Waals surface area contributed by atoms with Crippen LogP contribution >= 0.6 is 0 Å². The van der Waals surface area contributed by atoms with Gasteiger partial charge in [0.15, 0.2) is 0 Å². The van der Waals surface area contributed by atoms with Crippen molar-refractivity contribution in [2.24, 2.45) is 0 Å². The molecule has 0 radical (unpaired) electrons. The molecule has 4 aromatic carbocycles. The van der Waals surface area contributed by atoms with Gasteiger partial charge in [0.1, 0.15) is 18.2 Å². The van der Waals surface area contributed by atoms with Crippen LogP contribution in [0.2, 0.25) is 0 Å². The maximum atomic E-state index is 12.4. The lowest BCUT2D eigenvalue weighted by molar-refractivity contribution is -0.120. The molecule has 0 spiro atoms. The molecule has 0 atom stereocenters. The van der Waals surface area contributed by atoms with E-state index in [4.69, 9.17) is 9.72 Å². The van der Waals surface area contributed by atoms with E-state index < -0.39 is 0 Å². The van der Waals surface area contributed by atoms with Crippen molar-refractivity contribution in [2.45, 2.75) is 45.6 Å². The number of hydrogen-bond donors (Lipinski definition) is 1. The highest BCUT2D eigenvalue weighted by atomic mass is 16.5. The Bertz CT molecular complexity index is 1510. The quantitative estimate of drug-likeness (QED) is 0.164. The van der Waals surface area contributed by atoms with Crippen LogP contribution < -0.4 is 10.1 Å². The minimum atomic E-state index is 0.0721. The largest absolute Gasteiger partial charge is 0.492 e. The highest BCUT2D eigenvalue weighted by Gasteiger charge is 2.11. The molecule has 0 saturated heterocycles. The Hall–Kier alpha value is -4.38. The lowest BCUT2D eigenvalue weighted by atomic mass is 10.0. The molecule has 5 heteroatoms. The molecular formula is C35H37N3O2. The van der Waals surface area contributed by atoms with E-state index in [2.05, 4.69) is 71.4 Å². The van der Waals surface area contributed by atoms with Crippen LogP contribution in [0.3, 0.4) is 0 Å². The number of amides is 1. The molecule has 0 aliphatic rings. The number of aryl methyl sites for hydroxylation is 2. The van der Waals surface area contributed by atoms with Crippen molar-refractivity contribution in [1.29, 1.82) is 0 Å². The number of fused-ring (bicyclic) bond motifs is 1. The topological polar surface area (TPSA) is 56.1 Å². The molecule has 40 heavy (non-hydrogen) atoms. The Balaban J connectivity index is 1.05. The third-order valence-corrected chi connectivity index (χ3v) is 7.16. The van der Waals surface area contributed by atoms with E-state index in [1.165, 1.54) is 11.1 Å². The molecule has 0 saturated carbocycles. The van der Waals surface area contributed by atoms with Crippen molar-refractivity contribution in [3.63, 3.8) is 0 Å². The number of ether oxygens (including phenoxy) is 1. The number of aromatic nitrogens is 2. The number of unbranched alkanes of at least 4 members (excludes halogenated alkanes) is 2. The number of benzene rings is 4. The summed E-state index contributed by atoms with van der Waals surface area (Å²) in [6.07, 6.45) is 4.33. The Morgan fingerprint density at radius 2 is 1.52 bits per heavy atom. The first-order valence-electron chi connectivity index (χ1n) is 14.2. The van der Waals surface area contributed by atoms with Gasteiger partial charge in [-0.15, -0.1) is 0 Å². The summed E-state index contributed by atoms with van der Waals surface area (Å²) in [5, 5.41) is 3.08. The van der Waals surface area contributed by atoms with E-state index in [1.807, 2.05) is 48.5 Å². The van der Waals surface area contributed by atoms with E-state index in [0.29, 0.717) is 19.6 Å². The minimum absolute atomic E-state index is 0.0721. The number of nitrogens with one attached hydrogen (secondary N) is 1.